The van der Waals surface area contributed by atoms with E-state index in [-0.39, 0.29) is 16.9 Å². The van der Waals surface area contributed by atoms with Crippen molar-refractivity contribution in [3.05, 3.63) is 58.5 Å². The summed E-state index contributed by atoms with van der Waals surface area (Å²) in [4.78, 5) is 25.6. The summed E-state index contributed by atoms with van der Waals surface area (Å²) in [6.45, 7) is 1.57. The lowest BCUT2D eigenvalue weighted by molar-refractivity contribution is 0.102. The zero-order valence-corrected chi connectivity index (χ0v) is 13.6. The number of carbonyl (C=O) groups excluding carboxylic acids is 1. The number of benzene rings is 1. The number of aromatic amines is 1. The second-order valence-corrected chi connectivity index (χ2v) is 7.10. The lowest BCUT2D eigenvalue weighted by atomic mass is 10.2. The zero-order chi connectivity index (χ0) is 17.0. The van der Waals surface area contributed by atoms with Crippen LogP contribution in [0.15, 0.2) is 47.4 Å². The lowest BCUT2D eigenvalue weighted by Crippen LogP contribution is -2.27. The molecule has 0 aliphatic heterocycles. The van der Waals surface area contributed by atoms with E-state index in [1.165, 1.54) is 29.7 Å². The fourth-order valence-electron chi connectivity index (χ4n) is 1.90. The van der Waals surface area contributed by atoms with E-state index in [0.29, 0.717) is 11.4 Å². The molecule has 2 aromatic rings. The zero-order valence-electron chi connectivity index (χ0n) is 12.7. The van der Waals surface area contributed by atoms with Crippen molar-refractivity contribution in [3.8, 4) is 0 Å². The summed E-state index contributed by atoms with van der Waals surface area (Å²) in [5.41, 5.74) is 0.880. The summed E-state index contributed by atoms with van der Waals surface area (Å²) in [6, 6.07) is 9.09. The number of amides is 1. The quantitative estimate of drug-likeness (QED) is 0.863. The molecule has 1 aromatic heterocycles. The van der Waals surface area contributed by atoms with Crippen molar-refractivity contribution in [2.75, 3.05) is 22.4 Å². The molecule has 122 valence electrons. The Morgan fingerprint density at radius 3 is 2.43 bits per heavy atom. The highest BCUT2D eigenvalue weighted by Gasteiger charge is 2.15. The predicted octanol–water partition coefficient (Wildman–Crippen LogP) is 1.41. The molecule has 0 aliphatic carbocycles. The van der Waals surface area contributed by atoms with Crippen LogP contribution in [0.4, 0.5) is 11.4 Å². The third-order valence-corrected chi connectivity index (χ3v) is 5.08. The van der Waals surface area contributed by atoms with Crippen LogP contribution in [-0.2, 0) is 10.0 Å². The normalized spacial score (nSPS) is 11.0. The van der Waals surface area contributed by atoms with Crippen molar-refractivity contribution >= 4 is 27.3 Å². The molecule has 2 rings (SSSR count). The highest BCUT2D eigenvalue weighted by Crippen LogP contribution is 2.19. The van der Waals surface area contributed by atoms with Crippen LogP contribution in [0, 0.1) is 0 Å². The van der Waals surface area contributed by atoms with Crippen LogP contribution < -0.4 is 15.2 Å². The van der Waals surface area contributed by atoms with Crippen molar-refractivity contribution < 1.29 is 13.2 Å². The number of rotatable bonds is 5. The maximum atomic E-state index is 12.0. The summed E-state index contributed by atoms with van der Waals surface area (Å²) in [5.74, 6) is -0.414. The van der Waals surface area contributed by atoms with Gasteiger partial charge in [0.2, 0.25) is 15.6 Å². The Balaban J connectivity index is 2.14. The van der Waals surface area contributed by atoms with E-state index in [9.17, 15) is 18.0 Å². The molecule has 23 heavy (non-hydrogen) atoms. The van der Waals surface area contributed by atoms with Crippen LogP contribution in [-0.4, -0.2) is 32.1 Å². The van der Waals surface area contributed by atoms with Gasteiger partial charge in [-0.25, -0.2) is 8.42 Å². The molecule has 0 atom stereocenters. The van der Waals surface area contributed by atoms with E-state index in [0.717, 1.165) is 0 Å². The van der Waals surface area contributed by atoms with Crippen molar-refractivity contribution in [2.24, 2.45) is 0 Å². The highest BCUT2D eigenvalue weighted by atomic mass is 32.2. The summed E-state index contributed by atoms with van der Waals surface area (Å²) in [7, 11) is -1.85. The third-order valence-electron chi connectivity index (χ3n) is 3.31. The molecular weight excluding hydrogens is 318 g/mol. The van der Waals surface area contributed by atoms with Crippen molar-refractivity contribution in [1.29, 1.82) is 0 Å². The minimum absolute atomic E-state index is 0.00450. The predicted molar refractivity (Wildman–Crippen MR) is 89.3 cm³/mol. The number of sulfonamides is 1. The number of nitrogens with zero attached hydrogens (tertiary/aromatic N) is 1. The van der Waals surface area contributed by atoms with Gasteiger partial charge in [0, 0.05) is 30.6 Å². The summed E-state index contributed by atoms with van der Waals surface area (Å²) < 4.78 is 24.8. The van der Waals surface area contributed by atoms with Gasteiger partial charge in [0.25, 0.3) is 5.91 Å². The summed E-state index contributed by atoms with van der Waals surface area (Å²) in [5, 5.41) is 2.64. The molecule has 0 unspecified atom stereocenters. The van der Waals surface area contributed by atoms with Crippen LogP contribution in [0.2, 0.25) is 0 Å². The number of H-pyrrole nitrogens is 1. The molecule has 2 N–H and O–H groups in total. The van der Waals surface area contributed by atoms with E-state index in [2.05, 4.69) is 10.3 Å². The molecular formula is C15H17N3O4S. The maximum Gasteiger partial charge on any atom is 0.255 e. The van der Waals surface area contributed by atoms with Crippen LogP contribution in [0.3, 0.4) is 0 Å². The molecule has 0 fully saturated rings. The van der Waals surface area contributed by atoms with Gasteiger partial charge in [-0.05, 0) is 37.3 Å². The molecule has 0 saturated heterocycles. The first kappa shape index (κ1) is 16.8. The summed E-state index contributed by atoms with van der Waals surface area (Å²) >= 11 is 0. The van der Waals surface area contributed by atoms with Crippen LogP contribution in [0.25, 0.3) is 0 Å². The lowest BCUT2D eigenvalue weighted by Gasteiger charge is -2.18. The SMILES string of the molecule is CCS(=O)(=O)N(C)c1ccc(NC(=O)c2cc[nH]c(=O)c2)cc1. The van der Waals surface area contributed by atoms with E-state index in [4.69, 9.17) is 0 Å². The first-order valence-corrected chi connectivity index (χ1v) is 8.51. The fraction of sp³-hybridized carbons (Fsp3) is 0.200. The molecule has 1 heterocycles. The number of carbonyl (C=O) groups is 1. The molecule has 1 aromatic carbocycles. The highest BCUT2D eigenvalue weighted by molar-refractivity contribution is 7.92. The average Bonchev–Trinajstić information content (AvgIpc) is 2.55. The van der Waals surface area contributed by atoms with Gasteiger partial charge in [0.05, 0.1) is 11.4 Å². The number of hydrogen-bond acceptors (Lipinski definition) is 4. The Morgan fingerprint density at radius 2 is 1.87 bits per heavy atom. The number of anilines is 2. The van der Waals surface area contributed by atoms with Crippen LogP contribution in [0.5, 0.6) is 0 Å². The van der Waals surface area contributed by atoms with E-state index < -0.39 is 15.9 Å². The van der Waals surface area contributed by atoms with E-state index in [1.54, 1.807) is 31.2 Å². The molecule has 1 amide bonds. The molecule has 0 aliphatic rings. The van der Waals surface area contributed by atoms with Crippen LogP contribution in [0.1, 0.15) is 17.3 Å². The minimum Gasteiger partial charge on any atom is -0.329 e. The Hall–Kier alpha value is -2.61. The van der Waals surface area contributed by atoms with Gasteiger partial charge in [0.1, 0.15) is 0 Å². The standard InChI is InChI=1S/C15H17N3O4S/c1-3-23(21,22)18(2)13-6-4-12(5-7-13)17-15(20)11-8-9-16-14(19)10-11/h4-10H,3H2,1-2H3,(H,16,19)(H,17,20). The van der Waals surface area contributed by atoms with E-state index in [1.807, 2.05) is 0 Å². The Morgan fingerprint density at radius 1 is 1.22 bits per heavy atom. The van der Waals surface area contributed by atoms with Crippen LogP contribution >= 0.6 is 0 Å². The van der Waals surface area contributed by atoms with Gasteiger partial charge in [-0.1, -0.05) is 0 Å². The average molecular weight is 335 g/mol. The van der Waals surface area contributed by atoms with Gasteiger partial charge in [-0.15, -0.1) is 0 Å². The Kier molecular flexibility index (Phi) is 4.85. The number of pyridine rings is 1. The van der Waals surface area contributed by atoms with Gasteiger partial charge < -0.3 is 10.3 Å². The van der Waals surface area contributed by atoms with Gasteiger partial charge in [-0.3, -0.25) is 13.9 Å². The largest absolute Gasteiger partial charge is 0.329 e. The Labute approximate surface area is 134 Å². The van der Waals surface area contributed by atoms with Crippen molar-refractivity contribution in [1.82, 2.24) is 4.98 Å². The Bertz CT molecular complexity index is 857. The maximum absolute atomic E-state index is 12.0. The molecule has 0 saturated carbocycles. The second-order valence-electron chi connectivity index (χ2n) is 4.81. The molecule has 0 radical (unpaired) electrons. The molecule has 0 spiro atoms. The monoisotopic (exact) mass is 335 g/mol. The van der Waals surface area contributed by atoms with Gasteiger partial charge in [0.15, 0.2) is 0 Å². The first-order chi connectivity index (χ1) is 10.8. The first-order valence-electron chi connectivity index (χ1n) is 6.90. The second kappa shape index (κ2) is 6.66. The number of aromatic nitrogens is 1. The molecule has 7 nitrogen and oxygen atoms in total. The topological polar surface area (TPSA) is 99.3 Å². The smallest absolute Gasteiger partial charge is 0.255 e. The molecule has 0 bridgehead atoms. The fourth-order valence-corrected chi connectivity index (χ4v) is 2.73. The number of hydrogen-bond donors (Lipinski definition) is 2. The minimum atomic E-state index is -3.33. The third kappa shape index (κ3) is 3.98. The van der Waals surface area contributed by atoms with Gasteiger partial charge >= 0.3 is 0 Å². The van der Waals surface area contributed by atoms with Crippen molar-refractivity contribution in [2.45, 2.75) is 6.92 Å². The molecule has 8 heteroatoms. The van der Waals surface area contributed by atoms with Gasteiger partial charge in [-0.2, -0.15) is 0 Å². The summed E-state index contributed by atoms with van der Waals surface area (Å²) in [6.07, 6.45) is 1.39. The van der Waals surface area contributed by atoms with Crippen molar-refractivity contribution in [3.63, 3.8) is 0 Å². The van der Waals surface area contributed by atoms with E-state index >= 15 is 0 Å². The number of nitrogens with one attached hydrogen (secondary N) is 2.